The number of nitrogens with one attached hydrogen (secondary N) is 1. The van der Waals surface area contributed by atoms with Crippen molar-refractivity contribution in [1.29, 1.82) is 0 Å². The zero-order valence-electron chi connectivity index (χ0n) is 7.97. The van der Waals surface area contributed by atoms with Gasteiger partial charge < -0.3 is 10.1 Å². The van der Waals surface area contributed by atoms with Gasteiger partial charge >= 0.3 is 0 Å². The summed E-state index contributed by atoms with van der Waals surface area (Å²) in [5.41, 5.74) is -0.0663. The Morgan fingerprint density at radius 2 is 1.94 bits per heavy atom. The van der Waals surface area contributed by atoms with Crippen LogP contribution in [0.4, 0.5) is 8.78 Å². The van der Waals surface area contributed by atoms with E-state index in [0.29, 0.717) is 0 Å². The quantitative estimate of drug-likeness (QED) is 0.853. The Balaban J connectivity index is 2.58. The molecule has 6 heteroatoms. The molecule has 0 saturated carbocycles. The van der Waals surface area contributed by atoms with Gasteiger partial charge in [-0.25, -0.2) is 13.8 Å². The van der Waals surface area contributed by atoms with Crippen molar-refractivity contribution < 1.29 is 13.9 Å². The number of rotatable bonds is 2. The average molecular weight is 245 g/mol. The van der Waals surface area contributed by atoms with Crippen LogP contribution in [0.3, 0.4) is 0 Å². The number of hydrogen-bond donors (Lipinski definition) is 2. The van der Waals surface area contributed by atoms with Gasteiger partial charge in [0, 0.05) is 0 Å². The molecule has 1 aromatic heterocycles. The second kappa shape index (κ2) is 4.19. The lowest BCUT2D eigenvalue weighted by atomic mass is 10.2. The Hall–Kier alpha value is -1.46. The summed E-state index contributed by atoms with van der Waals surface area (Å²) in [6.45, 7) is -0.373. The molecule has 0 aliphatic heterocycles. The molecule has 0 unspecified atom stereocenters. The van der Waals surface area contributed by atoms with Gasteiger partial charge in [0.05, 0.1) is 17.9 Å². The van der Waals surface area contributed by atoms with Crippen molar-refractivity contribution in [3.05, 3.63) is 40.7 Å². The van der Waals surface area contributed by atoms with Crippen LogP contribution >= 0.6 is 11.6 Å². The molecule has 1 heterocycles. The van der Waals surface area contributed by atoms with E-state index in [1.165, 1.54) is 6.07 Å². The molecule has 16 heavy (non-hydrogen) atoms. The predicted molar refractivity (Wildman–Crippen MR) is 54.9 cm³/mol. The van der Waals surface area contributed by atoms with Crippen molar-refractivity contribution in [2.45, 2.75) is 6.61 Å². The number of imidazole rings is 1. The number of nitrogens with zero attached hydrogens (tertiary/aromatic N) is 1. The van der Waals surface area contributed by atoms with Crippen molar-refractivity contribution in [2.75, 3.05) is 0 Å². The van der Waals surface area contributed by atoms with Crippen LogP contribution in [0.5, 0.6) is 0 Å². The molecule has 2 N–H and O–H groups in total. The molecule has 3 nitrogen and oxygen atoms in total. The minimum atomic E-state index is -0.741. The molecule has 0 saturated heterocycles. The van der Waals surface area contributed by atoms with Crippen molar-refractivity contribution in [1.82, 2.24) is 9.97 Å². The van der Waals surface area contributed by atoms with Gasteiger partial charge in [0.25, 0.3) is 0 Å². The monoisotopic (exact) mass is 244 g/mol. The lowest BCUT2D eigenvalue weighted by molar-refractivity contribution is 0.277. The fourth-order valence-electron chi connectivity index (χ4n) is 1.34. The number of aromatic nitrogens is 2. The van der Waals surface area contributed by atoms with E-state index in [0.717, 1.165) is 12.1 Å². The molecule has 0 spiro atoms. The molecular weight excluding hydrogens is 238 g/mol. The van der Waals surface area contributed by atoms with Crippen LogP contribution in [0.15, 0.2) is 18.2 Å². The number of halogens is 3. The first kappa shape index (κ1) is 11.0. The minimum absolute atomic E-state index is 0.000142. The molecule has 2 aromatic rings. The van der Waals surface area contributed by atoms with Gasteiger partial charge in [0.15, 0.2) is 5.15 Å². The van der Waals surface area contributed by atoms with Crippen LogP contribution in [0, 0.1) is 11.6 Å². The van der Waals surface area contributed by atoms with Crippen molar-refractivity contribution in [3.8, 4) is 11.4 Å². The maximum atomic E-state index is 13.4. The highest BCUT2D eigenvalue weighted by atomic mass is 35.5. The molecule has 0 aliphatic rings. The first-order valence-electron chi connectivity index (χ1n) is 4.43. The Bertz CT molecular complexity index is 507. The fraction of sp³-hybridized carbons (Fsp3) is 0.100. The van der Waals surface area contributed by atoms with E-state index in [9.17, 15) is 8.78 Å². The Morgan fingerprint density at radius 1 is 1.31 bits per heavy atom. The highest BCUT2D eigenvalue weighted by molar-refractivity contribution is 6.30. The van der Waals surface area contributed by atoms with Crippen LogP contribution in [-0.2, 0) is 6.61 Å². The number of aromatic amines is 1. The zero-order valence-corrected chi connectivity index (χ0v) is 8.72. The van der Waals surface area contributed by atoms with E-state index >= 15 is 0 Å². The number of hydrogen-bond acceptors (Lipinski definition) is 2. The third-order valence-corrected chi connectivity index (χ3v) is 2.40. The summed E-state index contributed by atoms with van der Waals surface area (Å²) in [4.78, 5) is 6.30. The lowest BCUT2D eigenvalue weighted by Crippen LogP contribution is -1.91. The molecule has 1 aromatic carbocycles. The third-order valence-electron chi connectivity index (χ3n) is 2.09. The average Bonchev–Trinajstić information content (AvgIpc) is 2.59. The van der Waals surface area contributed by atoms with Crippen molar-refractivity contribution in [3.63, 3.8) is 0 Å². The minimum Gasteiger partial charge on any atom is -0.390 e. The second-order valence-corrected chi connectivity index (χ2v) is 3.47. The van der Waals surface area contributed by atoms with Crippen LogP contribution in [0.2, 0.25) is 5.15 Å². The highest BCUT2D eigenvalue weighted by Gasteiger charge is 2.16. The molecule has 0 aliphatic carbocycles. The molecule has 0 radical (unpaired) electrons. The first-order valence-corrected chi connectivity index (χ1v) is 4.81. The van der Waals surface area contributed by atoms with Gasteiger partial charge in [-0.3, -0.25) is 0 Å². The molecule has 0 atom stereocenters. The smallest absolute Gasteiger partial charge is 0.153 e. The summed E-state index contributed by atoms with van der Waals surface area (Å²) in [7, 11) is 0. The summed E-state index contributed by atoms with van der Waals surface area (Å²) in [5.74, 6) is -1.52. The zero-order chi connectivity index (χ0) is 11.7. The number of aliphatic hydroxyl groups excluding tert-OH is 1. The van der Waals surface area contributed by atoms with E-state index in [4.69, 9.17) is 16.7 Å². The largest absolute Gasteiger partial charge is 0.390 e. The molecule has 0 fully saturated rings. The van der Waals surface area contributed by atoms with Gasteiger partial charge in [0.1, 0.15) is 17.5 Å². The van der Waals surface area contributed by atoms with Gasteiger partial charge in [-0.1, -0.05) is 17.7 Å². The highest BCUT2D eigenvalue weighted by Crippen LogP contribution is 2.26. The first-order chi connectivity index (χ1) is 7.63. The molecule has 0 amide bonds. The second-order valence-electron chi connectivity index (χ2n) is 3.11. The van der Waals surface area contributed by atoms with Gasteiger partial charge in [-0.2, -0.15) is 0 Å². The predicted octanol–water partition coefficient (Wildman–Crippen LogP) is 2.50. The normalized spacial score (nSPS) is 10.8. The van der Waals surface area contributed by atoms with Crippen LogP contribution in [-0.4, -0.2) is 15.1 Å². The molecular formula is C10H7ClF2N2O. The topological polar surface area (TPSA) is 48.9 Å². The van der Waals surface area contributed by atoms with Crippen LogP contribution < -0.4 is 0 Å². The van der Waals surface area contributed by atoms with Crippen LogP contribution in [0.1, 0.15) is 5.69 Å². The Morgan fingerprint density at radius 3 is 2.44 bits per heavy atom. The lowest BCUT2D eigenvalue weighted by Gasteiger charge is -2.00. The summed E-state index contributed by atoms with van der Waals surface area (Å²) < 4.78 is 26.8. The SMILES string of the molecule is OCc1[nH]c(-c2c(F)cccc2F)nc1Cl. The van der Waals surface area contributed by atoms with Crippen molar-refractivity contribution >= 4 is 11.6 Å². The number of H-pyrrole nitrogens is 1. The van der Waals surface area contributed by atoms with E-state index < -0.39 is 11.6 Å². The summed E-state index contributed by atoms with van der Waals surface area (Å²) >= 11 is 5.65. The van der Waals surface area contributed by atoms with E-state index in [1.807, 2.05) is 0 Å². The van der Waals surface area contributed by atoms with Gasteiger partial charge in [-0.15, -0.1) is 0 Å². The van der Waals surface area contributed by atoms with Crippen LogP contribution in [0.25, 0.3) is 11.4 Å². The maximum absolute atomic E-state index is 13.4. The number of aliphatic hydroxyl groups is 1. The summed E-state index contributed by atoms with van der Waals surface area (Å²) in [5, 5.41) is 8.87. The third kappa shape index (κ3) is 1.79. The van der Waals surface area contributed by atoms with E-state index in [2.05, 4.69) is 9.97 Å². The number of benzene rings is 1. The van der Waals surface area contributed by atoms with E-state index in [-0.39, 0.29) is 28.8 Å². The van der Waals surface area contributed by atoms with Crippen molar-refractivity contribution in [2.24, 2.45) is 0 Å². The Kier molecular flexibility index (Phi) is 2.89. The standard InChI is InChI=1S/C10H7ClF2N2O/c11-9-7(4-16)14-10(15-9)8-5(12)2-1-3-6(8)13/h1-3,16H,4H2,(H,14,15). The fourth-order valence-corrected chi connectivity index (χ4v) is 1.53. The summed E-state index contributed by atoms with van der Waals surface area (Å²) in [6.07, 6.45) is 0. The molecule has 84 valence electrons. The van der Waals surface area contributed by atoms with Gasteiger partial charge in [-0.05, 0) is 12.1 Å². The van der Waals surface area contributed by atoms with E-state index in [1.54, 1.807) is 0 Å². The Labute approximate surface area is 94.7 Å². The maximum Gasteiger partial charge on any atom is 0.153 e. The molecule has 0 bridgehead atoms. The molecule has 2 rings (SSSR count). The van der Waals surface area contributed by atoms with Gasteiger partial charge in [0.2, 0.25) is 0 Å². The summed E-state index contributed by atoms with van der Waals surface area (Å²) in [6, 6.07) is 3.49.